The van der Waals surface area contributed by atoms with Crippen LogP contribution >= 0.6 is 0 Å². The van der Waals surface area contributed by atoms with E-state index in [1.807, 2.05) is 33.0 Å². The molecule has 0 aliphatic heterocycles. The van der Waals surface area contributed by atoms with Crippen LogP contribution in [0.1, 0.15) is 19.4 Å². The lowest BCUT2D eigenvalue weighted by Crippen LogP contribution is -1.88. The molecule has 0 radical (unpaired) electrons. The SMILES string of the molecule is CC.COc1cc2c(C)cncc2cn1. The molecule has 2 aromatic rings. The number of ether oxygens (including phenoxy) is 1. The average molecular weight is 204 g/mol. The van der Waals surface area contributed by atoms with Gasteiger partial charge in [0.15, 0.2) is 0 Å². The maximum absolute atomic E-state index is 5.05. The van der Waals surface area contributed by atoms with E-state index < -0.39 is 0 Å². The first kappa shape index (κ1) is 11.4. The van der Waals surface area contributed by atoms with Crippen LogP contribution in [0.2, 0.25) is 0 Å². The molecule has 0 unspecified atom stereocenters. The third-order valence-corrected chi connectivity index (χ3v) is 2.03. The van der Waals surface area contributed by atoms with Gasteiger partial charge in [0.25, 0.3) is 0 Å². The molecule has 15 heavy (non-hydrogen) atoms. The second kappa shape index (κ2) is 5.29. The van der Waals surface area contributed by atoms with E-state index in [-0.39, 0.29) is 0 Å². The van der Waals surface area contributed by atoms with E-state index in [1.165, 1.54) is 0 Å². The molecule has 2 rings (SSSR count). The van der Waals surface area contributed by atoms with Gasteiger partial charge in [0.05, 0.1) is 7.11 Å². The summed E-state index contributed by atoms with van der Waals surface area (Å²) >= 11 is 0. The predicted molar refractivity (Wildman–Crippen MR) is 62.2 cm³/mol. The summed E-state index contributed by atoms with van der Waals surface area (Å²) in [6.45, 7) is 6.02. The summed E-state index contributed by atoms with van der Waals surface area (Å²) in [6, 6.07) is 1.92. The molecule has 2 aromatic heterocycles. The fourth-order valence-electron chi connectivity index (χ4n) is 1.30. The quantitative estimate of drug-likeness (QED) is 0.716. The van der Waals surface area contributed by atoms with Crippen LogP contribution < -0.4 is 4.74 Å². The van der Waals surface area contributed by atoms with Crippen LogP contribution in [0.3, 0.4) is 0 Å². The molecule has 0 bridgehead atoms. The summed E-state index contributed by atoms with van der Waals surface area (Å²) in [5.74, 6) is 0.641. The Morgan fingerprint density at radius 2 is 1.87 bits per heavy atom. The number of methoxy groups -OCH3 is 1. The Bertz CT molecular complexity index is 441. The van der Waals surface area contributed by atoms with Gasteiger partial charge in [-0.2, -0.15) is 0 Å². The van der Waals surface area contributed by atoms with E-state index in [1.54, 1.807) is 19.5 Å². The normalized spacial score (nSPS) is 9.33. The summed E-state index contributed by atoms with van der Waals surface area (Å²) in [6.07, 6.45) is 5.41. The van der Waals surface area contributed by atoms with Crippen LogP contribution in [0, 0.1) is 6.92 Å². The fourth-order valence-corrected chi connectivity index (χ4v) is 1.30. The Morgan fingerprint density at radius 1 is 1.13 bits per heavy atom. The lowest BCUT2D eigenvalue weighted by atomic mass is 10.1. The third-order valence-electron chi connectivity index (χ3n) is 2.03. The minimum atomic E-state index is 0.641. The second-order valence-electron chi connectivity index (χ2n) is 2.90. The van der Waals surface area contributed by atoms with E-state index in [9.17, 15) is 0 Å². The Kier molecular flexibility index (Phi) is 4.03. The van der Waals surface area contributed by atoms with Gasteiger partial charge in [0.1, 0.15) is 0 Å². The minimum Gasteiger partial charge on any atom is -0.481 e. The summed E-state index contributed by atoms with van der Waals surface area (Å²) in [5.41, 5.74) is 1.14. The highest BCUT2D eigenvalue weighted by molar-refractivity contribution is 5.84. The lowest BCUT2D eigenvalue weighted by molar-refractivity contribution is 0.398. The molecule has 0 amide bonds. The van der Waals surface area contributed by atoms with E-state index in [4.69, 9.17) is 4.74 Å². The smallest absolute Gasteiger partial charge is 0.213 e. The number of fused-ring (bicyclic) bond motifs is 1. The largest absolute Gasteiger partial charge is 0.481 e. The summed E-state index contributed by atoms with van der Waals surface area (Å²) < 4.78 is 5.05. The van der Waals surface area contributed by atoms with Crippen LogP contribution in [0.25, 0.3) is 10.8 Å². The lowest BCUT2D eigenvalue weighted by Gasteiger charge is -2.02. The highest BCUT2D eigenvalue weighted by atomic mass is 16.5. The Labute approximate surface area is 90.1 Å². The minimum absolute atomic E-state index is 0.641. The summed E-state index contributed by atoms with van der Waals surface area (Å²) in [4.78, 5) is 8.19. The zero-order valence-electron chi connectivity index (χ0n) is 9.61. The maximum atomic E-state index is 5.05. The van der Waals surface area contributed by atoms with Crippen LogP contribution in [-0.2, 0) is 0 Å². The topological polar surface area (TPSA) is 35.0 Å². The van der Waals surface area contributed by atoms with Gasteiger partial charge in [0.2, 0.25) is 5.88 Å². The molecular weight excluding hydrogens is 188 g/mol. The van der Waals surface area contributed by atoms with Crippen LogP contribution in [0.4, 0.5) is 0 Å². The van der Waals surface area contributed by atoms with Gasteiger partial charge in [-0.1, -0.05) is 13.8 Å². The predicted octanol–water partition coefficient (Wildman–Crippen LogP) is 2.97. The highest BCUT2D eigenvalue weighted by Gasteiger charge is 1.99. The first-order valence-corrected chi connectivity index (χ1v) is 5.05. The molecule has 3 heteroatoms. The third kappa shape index (κ3) is 2.43. The van der Waals surface area contributed by atoms with Crippen LogP contribution in [0.5, 0.6) is 5.88 Å². The van der Waals surface area contributed by atoms with Crippen molar-refractivity contribution in [2.75, 3.05) is 7.11 Å². The molecule has 3 nitrogen and oxygen atoms in total. The Hall–Kier alpha value is -1.64. The maximum Gasteiger partial charge on any atom is 0.213 e. The molecule has 0 aliphatic carbocycles. The monoisotopic (exact) mass is 204 g/mol. The summed E-state index contributed by atoms with van der Waals surface area (Å²) in [7, 11) is 1.62. The second-order valence-corrected chi connectivity index (χ2v) is 2.90. The highest BCUT2D eigenvalue weighted by Crippen LogP contribution is 2.19. The van der Waals surface area contributed by atoms with Gasteiger partial charge in [0, 0.05) is 30.0 Å². The molecule has 0 aromatic carbocycles. The van der Waals surface area contributed by atoms with E-state index in [2.05, 4.69) is 9.97 Å². The molecule has 0 fully saturated rings. The van der Waals surface area contributed by atoms with Crippen molar-refractivity contribution in [2.24, 2.45) is 0 Å². The van der Waals surface area contributed by atoms with Crippen molar-refractivity contribution in [1.29, 1.82) is 0 Å². The average Bonchev–Trinajstić information content (AvgIpc) is 2.32. The molecule has 0 saturated carbocycles. The first-order chi connectivity index (χ1) is 7.31. The number of hydrogen-bond donors (Lipinski definition) is 0. The van der Waals surface area contributed by atoms with Gasteiger partial charge < -0.3 is 4.74 Å². The van der Waals surface area contributed by atoms with Crippen molar-refractivity contribution < 1.29 is 4.74 Å². The van der Waals surface area contributed by atoms with Gasteiger partial charge in [-0.3, -0.25) is 4.98 Å². The van der Waals surface area contributed by atoms with E-state index in [0.29, 0.717) is 5.88 Å². The summed E-state index contributed by atoms with van der Waals surface area (Å²) in [5, 5.41) is 2.18. The molecule has 0 aliphatic rings. The number of pyridine rings is 2. The van der Waals surface area contributed by atoms with E-state index >= 15 is 0 Å². The van der Waals surface area contributed by atoms with Crippen LogP contribution in [0.15, 0.2) is 24.7 Å². The standard InChI is InChI=1S/C10H10N2O.C2H6/c1-7-4-11-5-8-6-12-10(13-2)3-9(7)8;1-2/h3-6H,1-2H3;1-2H3. The fraction of sp³-hybridized carbons (Fsp3) is 0.333. The van der Waals surface area contributed by atoms with Crippen molar-refractivity contribution in [3.05, 3.63) is 30.2 Å². The van der Waals surface area contributed by atoms with Gasteiger partial charge in [-0.25, -0.2) is 4.98 Å². The number of nitrogens with zero attached hydrogens (tertiary/aromatic N) is 2. The number of aryl methyl sites for hydroxylation is 1. The van der Waals surface area contributed by atoms with Crippen molar-refractivity contribution in [3.63, 3.8) is 0 Å². The number of hydrogen-bond acceptors (Lipinski definition) is 3. The van der Waals surface area contributed by atoms with Gasteiger partial charge >= 0.3 is 0 Å². The Morgan fingerprint density at radius 3 is 2.53 bits per heavy atom. The molecule has 0 spiro atoms. The van der Waals surface area contributed by atoms with E-state index in [0.717, 1.165) is 16.3 Å². The van der Waals surface area contributed by atoms with Crippen LogP contribution in [-0.4, -0.2) is 17.1 Å². The van der Waals surface area contributed by atoms with Gasteiger partial charge in [-0.15, -0.1) is 0 Å². The van der Waals surface area contributed by atoms with Crippen molar-refractivity contribution >= 4 is 10.8 Å². The zero-order valence-corrected chi connectivity index (χ0v) is 9.61. The Balaban J connectivity index is 0.000000531. The zero-order chi connectivity index (χ0) is 11.3. The number of rotatable bonds is 1. The molecule has 2 heterocycles. The molecule has 0 atom stereocenters. The number of aromatic nitrogens is 2. The molecule has 80 valence electrons. The van der Waals surface area contributed by atoms with Gasteiger partial charge in [-0.05, 0) is 17.9 Å². The first-order valence-electron chi connectivity index (χ1n) is 5.05. The van der Waals surface area contributed by atoms with Crippen molar-refractivity contribution in [2.45, 2.75) is 20.8 Å². The molecule has 0 N–H and O–H groups in total. The molecular formula is C12H16N2O. The van der Waals surface area contributed by atoms with Crippen molar-refractivity contribution in [1.82, 2.24) is 9.97 Å². The molecule has 0 saturated heterocycles. The van der Waals surface area contributed by atoms with Crippen molar-refractivity contribution in [3.8, 4) is 5.88 Å².